The maximum Gasteiger partial charge on any atom is 0.251 e. The summed E-state index contributed by atoms with van der Waals surface area (Å²) in [6.07, 6.45) is 4.51. The zero-order valence-electron chi connectivity index (χ0n) is 8.27. The van der Waals surface area contributed by atoms with Crippen LogP contribution >= 0.6 is 0 Å². The summed E-state index contributed by atoms with van der Waals surface area (Å²) in [5.74, 6) is -0.122. The Morgan fingerprint density at radius 1 is 1.33 bits per heavy atom. The molecular weight excluding hydrogens is 194 g/mol. The first-order valence-corrected chi connectivity index (χ1v) is 4.70. The minimum atomic E-state index is -0.122. The summed E-state index contributed by atoms with van der Waals surface area (Å²) in [6, 6.07) is 3.30. The van der Waals surface area contributed by atoms with Crippen LogP contribution in [0.1, 0.15) is 16.8 Å². The number of carbonyl (C=O) groups excluding carboxylic acids is 2. The highest BCUT2D eigenvalue weighted by atomic mass is 16.1. The molecule has 0 radical (unpaired) electrons. The predicted octanol–water partition coefficient (Wildman–Crippen LogP) is -0.0525. The largest absolute Gasteiger partial charge is 0.359 e. The lowest BCUT2D eigenvalue weighted by Gasteiger charge is -2.04. The quantitative estimate of drug-likeness (QED) is 0.507. The molecule has 5 heteroatoms. The smallest absolute Gasteiger partial charge is 0.251 e. The highest BCUT2D eigenvalue weighted by molar-refractivity contribution is 5.93. The lowest BCUT2D eigenvalue weighted by Crippen LogP contribution is -2.27. The first-order chi connectivity index (χ1) is 7.34. The van der Waals surface area contributed by atoms with Crippen molar-refractivity contribution < 1.29 is 9.59 Å². The number of aromatic nitrogens is 1. The first kappa shape index (κ1) is 11.2. The molecule has 5 nitrogen and oxygen atoms in total. The average Bonchev–Trinajstić information content (AvgIpc) is 2.30. The van der Waals surface area contributed by atoms with E-state index in [0.29, 0.717) is 25.1 Å². The van der Waals surface area contributed by atoms with Crippen LogP contribution in [-0.4, -0.2) is 30.4 Å². The van der Waals surface area contributed by atoms with Crippen molar-refractivity contribution in [1.82, 2.24) is 15.6 Å². The van der Waals surface area contributed by atoms with E-state index in [-0.39, 0.29) is 5.91 Å². The van der Waals surface area contributed by atoms with Gasteiger partial charge in [-0.3, -0.25) is 14.6 Å². The number of nitrogens with zero attached hydrogens (tertiary/aromatic N) is 1. The summed E-state index contributed by atoms with van der Waals surface area (Å²) >= 11 is 0. The Labute approximate surface area is 87.9 Å². The van der Waals surface area contributed by atoms with Gasteiger partial charge in [0.05, 0.1) is 0 Å². The Morgan fingerprint density at radius 2 is 2.07 bits per heavy atom. The van der Waals surface area contributed by atoms with E-state index in [1.807, 2.05) is 0 Å². The number of nitrogens with one attached hydrogen (secondary N) is 2. The summed E-state index contributed by atoms with van der Waals surface area (Å²) < 4.78 is 0. The number of hydrogen-bond donors (Lipinski definition) is 2. The molecular formula is C10H13N3O2. The molecule has 0 saturated heterocycles. The van der Waals surface area contributed by atoms with E-state index >= 15 is 0 Å². The van der Waals surface area contributed by atoms with Crippen LogP contribution in [0.4, 0.5) is 0 Å². The van der Waals surface area contributed by atoms with Crippen molar-refractivity contribution in [3.05, 3.63) is 30.1 Å². The highest BCUT2D eigenvalue weighted by Gasteiger charge is 2.02. The maximum atomic E-state index is 11.4. The predicted molar refractivity (Wildman–Crippen MR) is 55.3 cm³/mol. The molecule has 0 aliphatic heterocycles. The summed E-state index contributed by atoms with van der Waals surface area (Å²) in [5, 5.41) is 5.26. The molecule has 0 bridgehead atoms. The van der Waals surface area contributed by atoms with Crippen molar-refractivity contribution in [1.29, 1.82) is 0 Å². The molecule has 80 valence electrons. The topological polar surface area (TPSA) is 71.1 Å². The van der Waals surface area contributed by atoms with Crippen LogP contribution in [0, 0.1) is 0 Å². The molecule has 0 saturated carbocycles. The molecule has 1 aromatic rings. The number of hydrogen-bond acceptors (Lipinski definition) is 3. The van der Waals surface area contributed by atoms with Gasteiger partial charge in [0.2, 0.25) is 6.41 Å². The van der Waals surface area contributed by atoms with Crippen LogP contribution in [0.5, 0.6) is 0 Å². The fraction of sp³-hybridized carbons (Fsp3) is 0.300. The van der Waals surface area contributed by atoms with E-state index in [2.05, 4.69) is 15.6 Å². The third kappa shape index (κ3) is 4.21. The summed E-state index contributed by atoms with van der Waals surface area (Å²) in [6.45, 7) is 1.11. The minimum absolute atomic E-state index is 0.122. The van der Waals surface area contributed by atoms with Crippen molar-refractivity contribution in [3.8, 4) is 0 Å². The maximum absolute atomic E-state index is 11.4. The number of pyridine rings is 1. The van der Waals surface area contributed by atoms with Crippen LogP contribution in [0.15, 0.2) is 24.5 Å². The van der Waals surface area contributed by atoms with Gasteiger partial charge in [-0.05, 0) is 18.6 Å². The molecule has 1 rings (SSSR count). The molecule has 0 aliphatic carbocycles. The standard InChI is InChI=1S/C10H13N3O2/c14-8-12-4-1-5-13-10(15)9-2-6-11-7-3-9/h2-3,6-8H,1,4-5H2,(H,12,14)(H,13,15). The fourth-order valence-corrected chi connectivity index (χ4v) is 1.06. The van der Waals surface area contributed by atoms with Gasteiger partial charge in [-0.15, -0.1) is 0 Å². The number of carbonyl (C=O) groups is 2. The normalized spacial score (nSPS) is 9.33. The minimum Gasteiger partial charge on any atom is -0.359 e. The Balaban J connectivity index is 2.22. The molecule has 1 aromatic heterocycles. The Bertz CT molecular complexity index is 314. The molecule has 0 aromatic carbocycles. The van der Waals surface area contributed by atoms with Gasteiger partial charge >= 0.3 is 0 Å². The van der Waals surface area contributed by atoms with Gasteiger partial charge in [0.1, 0.15) is 0 Å². The van der Waals surface area contributed by atoms with E-state index in [1.54, 1.807) is 24.5 Å². The van der Waals surface area contributed by atoms with E-state index in [4.69, 9.17) is 0 Å². The van der Waals surface area contributed by atoms with Gasteiger partial charge < -0.3 is 10.6 Å². The summed E-state index contributed by atoms with van der Waals surface area (Å²) in [4.78, 5) is 25.2. The van der Waals surface area contributed by atoms with Gasteiger partial charge in [-0.2, -0.15) is 0 Å². The number of amides is 2. The molecule has 0 unspecified atom stereocenters. The SMILES string of the molecule is O=CNCCCNC(=O)c1ccncc1. The molecule has 0 spiro atoms. The van der Waals surface area contributed by atoms with Crippen LogP contribution in [0.3, 0.4) is 0 Å². The molecule has 1 heterocycles. The lowest BCUT2D eigenvalue weighted by molar-refractivity contribution is -0.109. The van der Waals surface area contributed by atoms with Crippen molar-refractivity contribution in [2.24, 2.45) is 0 Å². The van der Waals surface area contributed by atoms with E-state index in [9.17, 15) is 9.59 Å². The fourth-order valence-electron chi connectivity index (χ4n) is 1.06. The second kappa shape index (κ2) is 6.53. The van der Waals surface area contributed by atoms with Gasteiger partial charge in [0.25, 0.3) is 5.91 Å². The molecule has 0 atom stereocenters. The van der Waals surface area contributed by atoms with Gasteiger partial charge in [0, 0.05) is 31.0 Å². The van der Waals surface area contributed by atoms with Crippen molar-refractivity contribution in [3.63, 3.8) is 0 Å². The second-order valence-corrected chi connectivity index (χ2v) is 2.92. The van der Waals surface area contributed by atoms with E-state index < -0.39 is 0 Å². The molecule has 0 fully saturated rings. The lowest BCUT2D eigenvalue weighted by atomic mass is 10.2. The third-order valence-corrected chi connectivity index (χ3v) is 1.81. The zero-order valence-corrected chi connectivity index (χ0v) is 8.27. The molecule has 15 heavy (non-hydrogen) atoms. The molecule has 2 amide bonds. The van der Waals surface area contributed by atoms with Crippen LogP contribution in [0.25, 0.3) is 0 Å². The summed E-state index contributed by atoms with van der Waals surface area (Å²) in [5.41, 5.74) is 0.591. The Morgan fingerprint density at radius 3 is 2.73 bits per heavy atom. The van der Waals surface area contributed by atoms with Gasteiger partial charge in [-0.25, -0.2) is 0 Å². The first-order valence-electron chi connectivity index (χ1n) is 4.70. The summed E-state index contributed by atoms with van der Waals surface area (Å²) in [7, 11) is 0. The van der Waals surface area contributed by atoms with Gasteiger partial charge in [-0.1, -0.05) is 0 Å². The van der Waals surface area contributed by atoms with Crippen molar-refractivity contribution in [2.75, 3.05) is 13.1 Å². The van der Waals surface area contributed by atoms with E-state index in [0.717, 1.165) is 6.42 Å². The Hall–Kier alpha value is -1.91. The van der Waals surface area contributed by atoms with Crippen molar-refractivity contribution >= 4 is 12.3 Å². The van der Waals surface area contributed by atoms with Crippen LogP contribution in [0.2, 0.25) is 0 Å². The van der Waals surface area contributed by atoms with E-state index in [1.165, 1.54) is 0 Å². The zero-order chi connectivity index (χ0) is 10.9. The van der Waals surface area contributed by atoms with Crippen LogP contribution in [-0.2, 0) is 4.79 Å². The second-order valence-electron chi connectivity index (χ2n) is 2.92. The monoisotopic (exact) mass is 207 g/mol. The average molecular weight is 207 g/mol. The molecule has 0 aliphatic rings. The Kier molecular flexibility index (Phi) is 4.86. The molecule has 2 N–H and O–H groups in total. The van der Waals surface area contributed by atoms with Crippen LogP contribution < -0.4 is 10.6 Å². The third-order valence-electron chi connectivity index (χ3n) is 1.81. The van der Waals surface area contributed by atoms with Crippen molar-refractivity contribution in [2.45, 2.75) is 6.42 Å². The number of rotatable bonds is 6. The highest BCUT2D eigenvalue weighted by Crippen LogP contribution is 1.94. The van der Waals surface area contributed by atoms with Gasteiger partial charge in [0.15, 0.2) is 0 Å².